The molecule has 4 heteroatoms. The Morgan fingerprint density at radius 1 is 0.441 bits per heavy atom. The first-order valence-electron chi connectivity index (χ1n) is 11.0. The molecule has 0 aliphatic heterocycles. The Bertz CT molecular complexity index is 959. The van der Waals surface area contributed by atoms with Gasteiger partial charge < -0.3 is 0 Å². The molecular weight excluding hydrogens is 559 g/mol. The number of halogens is 1. The summed E-state index contributed by atoms with van der Waals surface area (Å²) in [5.74, 6) is 1.17. The van der Waals surface area contributed by atoms with Crippen molar-refractivity contribution in [2.45, 2.75) is 0 Å². The van der Waals surface area contributed by atoms with Crippen LogP contribution in [0.25, 0.3) is 0 Å². The zero-order chi connectivity index (χ0) is 23.8. The monoisotopic (exact) mass is 586 g/mol. The van der Waals surface area contributed by atoms with Gasteiger partial charge in [-0.1, -0.05) is 121 Å². The predicted octanol–water partition coefficient (Wildman–Crippen LogP) is 7.30. The molecule has 5 aromatic rings. The molecule has 5 rings (SSSR count). The van der Waals surface area contributed by atoms with Crippen LogP contribution >= 0.6 is 25.5 Å². The van der Waals surface area contributed by atoms with Gasteiger partial charge in [0, 0.05) is 5.90 Å². The van der Waals surface area contributed by atoms with E-state index < -0.39 is 15.8 Å². The molecule has 5 aromatic carbocycles. The molecule has 0 bridgehead atoms. The van der Waals surface area contributed by atoms with Gasteiger partial charge in [0.2, 0.25) is 0 Å². The van der Waals surface area contributed by atoms with Crippen molar-refractivity contribution in [1.29, 1.82) is 0 Å². The van der Waals surface area contributed by atoms with Crippen LogP contribution in [0.15, 0.2) is 152 Å². The van der Waals surface area contributed by atoms with Crippen LogP contribution in [0.4, 0.5) is 0 Å². The van der Waals surface area contributed by atoms with Crippen LogP contribution in [0.1, 0.15) is 0 Å². The van der Waals surface area contributed by atoms with E-state index in [1.165, 1.54) is 27.1 Å². The zero-order valence-electron chi connectivity index (χ0n) is 18.8. The second-order valence-electron chi connectivity index (χ2n) is 7.30. The minimum atomic E-state index is -0.409. The molecule has 0 spiro atoms. The van der Waals surface area contributed by atoms with Crippen LogP contribution in [0, 0.1) is 0 Å². The van der Waals surface area contributed by atoms with E-state index >= 15 is 0 Å². The van der Waals surface area contributed by atoms with Gasteiger partial charge in [0.1, 0.15) is 0 Å². The zero-order valence-corrected chi connectivity index (χ0v) is 23.0. The largest absolute Gasteiger partial charge is 0.214 e. The van der Waals surface area contributed by atoms with Crippen LogP contribution < -0.4 is 21.2 Å². The summed E-state index contributed by atoms with van der Waals surface area (Å²) in [4.78, 5) is 0. The van der Waals surface area contributed by atoms with Gasteiger partial charge in [0.15, 0.2) is 0 Å². The molecule has 0 nitrogen and oxygen atoms in total. The van der Waals surface area contributed by atoms with Crippen molar-refractivity contribution in [3.05, 3.63) is 152 Å². The molecule has 0 amide bonds. The first kappa shape index (κ1) is 26.6. The summed E-state index contributed by atoms with van der Waals surface area (Å²) < 4.78 is 0. The third kappa shape index (κ3) is 8.34. The summed E-state index contributed by atoms with van der Waals surface area (Å²) in [6.07, 6.45) is 0. The number of rotatable bonds is 6. The average molecular weight is 586 g/mol. The Balaban J connectivity index is 0.000000404. The third-order valence-electron chi connectivity index (χ3n) is 5.11. The Kier molecular flexibility index (Phi) is 12.4. The molecule has 34 heavy (non-hydrogen) atoms. The summed E-state index contributed by atoms with van der Waals surface area (Å²) in [5.41, 5.74) is 0. The van der Waals surface area contributed by atoms with Crippen LogP contribution in [0.3, 0.4) is 0 Å². The number of hydrogen-bond donors (Lipinski definition) is 0. The first-order valence-corrected chi connectivity index (χ1v) is 16.3. The van der Waals surface area contributed by atoms with E-state index in [1.807, 2.05) is 47.6 Å². The van der Waals surface area contributed by atoms with Crippen molar-refractivity contribution in [1.82, 2.24) is 0 Å². The maximum atomic E-state index is 4.57. The minimum absolute atomic E-state index is 0.409. The first-order chi connectivity index (χ1) is 16.9. The second-order valence-corrected chi connectivity index (χ2v) is 12.2. The van der Waals surface area contributed by atoms with E-state index in [2.05, 4.69) is 131 Å². The fourth-order valence-corrected chi connectivity index (χ4v) is 9.99. The van der Waals surface area contributed by atoms with Gasteiger partial charge in [-0.15, -0.1) is 0 Å². The van der Waals surface area contributed by atoms with Crippen molar-refractivity contribution < 1.29 is 17.3 Å². The van der Waals surface area contributed by atoms with E-state index in [-0.39, 0.29) is 0 Å². The van der Waals surface area contributed by atoms with E-state index in [0.29, 0.717) is 0 Å². The topological polar surface area (TPSA) is 0 Å². The standard InChI is InChI=1S/C25H22P2.C5H5.ClH.Ru/c1-5-13-22(14-6-1)26(23-15-7-2-8-16-23)21-27(24-17-9-3-10-18-24)25-19-11-4-12-20-25;1-2-4-5-3-1;;/h1-20H,21H2;1-5H;1H;/q;-1;;+2/p-1. The van der Waals surface area contributed by atoms with E-state index in [1.54, 1.807) is 0 Å². The van der Waals surface area contributed by atoms with Crippen LogP contribution in [-0.4, -0.2) is 5.90 Å². The number of benzene rings is 4. The molecule has 0 radical (unpaired) electrons. The Morgan fingerprint density at radius 3 is 0.912 bits per heavy atom. The second kappa shape index (κ2) is 15.8. The van der Waals surface area contributed by atoms with Crippen molar-refractivity contribution in [3.8, 4) is 0 Å². The summed E-state index contributed by atoms with van der Waals surface area (Å²) in [7, 11) is 3.75. The fourth-order valence-electron chi connectivity index (χ4n) is 3.52. The van der Waals surface area contributed by atoms with Crippen molar-refractivity contribution in [2.75, 3.05) is 5.90 Å². The van der Waals surface area contributed by atoms with E-state index in [4.69, 9.17) is 0 Å². The number of hydrogen-bond acceptors (Lipinski definition) is 0. The van der Waals surface area contributed by atoms with Crippen molar-refractivity contribution in [2.24, 2.45) is 0 Å². The Morgan fingerprint density at radius 2 is 0.706 bits per heavy atom. The van der Waals surface area contributed by atoms with Gasteiger partial charge in [0.05, 0.1) is 0 Å². The maximum Gasteiger partial charge on any atom is 0.00405 e. The van der Waals surface area contributed by atoms with Gasteiger partial charge in [0.25, 0.3) is 0 Å². The molecular formula is C30H27ClP2Ru. The maximum absolute atomic E-state index is 4.57. The van der Waals surface area contributed by atoms with Gasteiger partial charge in [-0.2, -0.15) is 18.2 Å². The van der Waals surface area contributed by atoms with Gasteiger partial charge in [-0.25, -0.2) is 12.1 Å². The molecule has 0 heterocycles. The fraction of sp³-hybridized carbons (Fsp3) is 0.0333. The summed E-state index contributed by atoms with van der Waals surface area (Å²) in [6.45, 7) is 0. The van der Waals surface area contributed by atoms with Gasteiger partial charge in [-0.3, -0.25) is 0 Å². The molecule has 0 aliphatic rings. The van der Waals surface area contributed by atoms with Crippen molar-refractivity contribution >= 4 is 46.8 Å². The Labute approximate surface area is 220 Å². The normalized spacial score (nSPS) is 10.1. The molecule has 0 aliphatic carbocycles. The molecule has 0 unspecified atom stereocenters. The smallest absolute Gasteiger partial charge is 0.00405 e. The molecule has 0 atom stereocenters. The molecule has 172 valence electrons. The minimum Gasteiger partial charge on any atom is -0.214 e. The van der Waals surface area contributed by atoms with Crippen LogP contribution in [0.5, 0.6) is 0 Å². The summed E-state index contributed by atoms with van der Waals surface area (Å²) in [5, 5.41) is 5.83. The van der Waals surface area contributed by atoms with Crippen LogP contribution in [-0.2, 0) is 17.3 Å². The molecule has 0 saturated carbocycles. The van der Waals surface area contributed by atoms with Gasteiger partial charge >= 0.3 is 27.0 Å². The molecule has 0 saturated heterocycles. The third-order valence-corrected chi connectivity index (χ3v) is 11.1. The van der Waals surface area contributed by atoms with Crippen molar-refractivity contribution in [3.63, 3.8) is 0 Å². The van der Waals surface area contributed by atoms with E-state index in [9.17, 15) is 0 Å². The quantitative estimate of drug-likeness (QED) is 0.111. The molecule has 0 fully saturated rings. The molecule has 0 aromatic heterocycles. The molecule has 0 N–H and O–H groups in total. The van der Waals surface area contributed by atoms with Crippen LogP contribution in [0.2, 0.25) is 0 Å². The Hall–Kier alpha value is -2.00. The predicted molar refractivity (Wildman–Crippen MR) is 151 cm³/mol. The SMILES string of the molecule is [Cl][Ru+].c1cc[cH-]c1.c1ccc(P(CP(c2ccccc2)c2ccccc2)c2ccccc2)cc1. The average Bonchev–Trinajstić information content (AvgIpc) is 3.53. The summed E-state index contributed by atoms with van der Waals surface area (Å²) in [6, 6.07) is 54.1. The summed E-state index contributed by atoms with van der Waals surface area (Å²) >= 11 is 1.82. The van der Waals surface area contributed by atoms with E-state index in [0.717, 1.165) is 0 Å². The van der Waals surface area contributed by atoms with Gasteiger partial charge in [-0.05, 0) is 37.1 Å².